The Balaban J connectivity index is 1.72. The van der Waals surface area contributed by atoms with Crippen molar-refractivity contribution in [3.05, 3.63) is 88.4 Å². The van der Waals surface area contributed by atoms with E-state index < -0.39 is 10.0 Å². The highest BCUT2D eigenvalue weighted by atomic mass is 79.9. The quantitative estimate of drug-likeness (QED) is 0.481. The molecule has 0 amide bonds. The van der Waals surface area contributed by atoms with Crippen molar-refractivity contribution in [3.8, 4) is 0 Å². The van der Waals surface area contributed by atoms with E-state index in [1.807, 2.05) is 43.3 Å². The summed E-state index contributed by atoms with van der Waals surface area (Å²) in [5, 5.41) is 0. The zero-order chi connectivity index (χ0) is 18.6. The highest BCUT2D eigenvalue weighted by Crippen LogP contribution is 2.26. The van der Waals surface area contributed by atoms with Crippen LogP contribution >= 0.6 is 27.7 Å². The SMILES string of the molecule is Cc1cc(CSc2ccccc2)ccc1NS(=O)(=O)c1ccc(Br)cc1. The lowest BCUT2D eigenvalue weighted by Gasteiger charge is -2.12. The maximum atomic E-state index is 12.5. The molecule has 0 bridgehead atoms. The third kappa shape index (κ3) is 4.90. The molecular weight excluding hydrogens is 430 g/mol. The number of halogens is 1. The van der Waals surface area contributed by atoms with Crippen LogP contribution in [0.1, 0.15) is 11.1 Å². The fourth-order valence-corrected chi connectivity index (χ4v) is 4.69. The highest BCUT2D eigenvalue weighted by Gasteiger charge is 2.15. The number of rotatable bonds is 6. The average Bonchev–Trinajstić information content (AvgIpc) is 2.63. The van der Waals surface area contributed by atoms with Gasteiger partial charge in [-0.1, -0.05) is 46.3 Å². The first-order valence-corrected chi connectivity index (χ1v) is 11.3. The third-order valence-corrected chi connectivity index (χ3v) is 6.80. The van der Waals surface area contributed by atoms with Crippen molar-refractivity contribution in [2.45, 2.75) is 22.5 Å². The minimum absolute atomic E-state index is 0.240. The van der Waals surface area contributed by atoms with Crippen LogP contribution in [-0.2, 0) is 15.8 Å². The first-order valence-electron chi connectivity index (χ1n) is 8.00. The number of sulfonamides is 1. The molecule has 3 aromatic carbocycles. The molecule has 26 heavy (non-hydrogen) atoms. The number of hydrogen-bond acceptors (Lipinski definition) is 3. The van der Waals surface area contributed by atoms with Crippen LogP contribution in [0.2, 0.25) is 0 Å². The second kappa shape index (κ2) is 8.29. The summed E-state index contributed by atoms with van der Waals surface area (Å²) in [4.78, 5) is 1.45. The number of nitrogens with one attached hydrogen (secondary N) is 1. The van der Waals surface area contributed by atoms with Crippen molar-refractivity contribution in [1.29, 1.82) is 0 Å². The second-order valence-electron chi connectivity index (χ2n) is 5.81. The molecule has 0 aliphatic rings. The van der Waals surface area contributed by atoms with Crippen LogP contribution in [0.3, 0.4) is 0 Å². The van der Waals surface area contributed by atoms with Crippen molar-refractivity contribution < 1.29 is 8.42 Å². The predicted molar refractivity (Wildman–Crippen MR) is 112 cm³/mol. The van der Waals surface area contributed by atoms with Crippen molar-refractivity contribution in [3.63, 3.8) is 0 Å². The van der Waals surface area contributed by atoms with Crippen LogP contribution in [0.25, 0.3) is 0 Å². The summed E-state index contributed by atoms with van der Waals surface area (Å²) in [7, 11) is -3.60. The molecule has 6 heteroatoms. The van der Waals surface area contributed by atoms with E-state index in [0.29, 0.717) is 5.69 Å². The number of thioether (sulfide) groups is 1. The molecule has 3 rings (SSSR count). The van der Waals surface area contributed by atoms with Gasteiger partial charge in [0.05, 0.1) is 10.6 Å². The van der Waals surface area contributed by atoms with Crippen LogP contribution in [0.4, 0.5) is 5.69 Å². The molecule has 0 radical (unpaired) electrons. The Labute approximate surface area is 167 Å². The summed E-state index contributed by atoms with van der Waals surface area (Å²) in [6.45, 7) is 1.91. The fraction of sp³-hybridized carbons (Fsp3) is 0.100. The molecule has 0 saturated carbocycles. The van der Waals surface area contributed by atoms with Gasteiger partial charge in [-0.3, -0.25) is 4.72 Å². The smallest absolute Gasteiger partial charge is 0.261 e. The van der Waals surface area contributed by atoms with Gasteiger partial charge in [0.15, 0.2) is 0 Å². The lowest BCUT2D eigenvalue weighted by Crippen LogP contribution is -2.13. The summed E-state index contributed by atoms with van der Waals surface area (Å²) in [5.74, 6) is 0.838. The van der Waals surface area contributed by atoms with E-state index >= 15 is 0 Å². The van der Waals surface area contributed by atoms with Gasteiger partial charge in [0.2, 0.25) is 0 Å². The Morgan fingerprint density at radius 2 is 1.65 bits per heavy atom. The normalized spacial score (nSPS) is 11.3. The van der Waals surface area contributed by atoms with Crippen molar-refractivity contribution >= 4 is 43.4 Å². The van der Waals surface area contributed by atoms with Gasteiger partial charge in [-0.15, -0.1) is 11.8 Å². The van der Waals surface area contributed by atoms with Crippen molar-refractivity contribution in [2.75, 3.05) is 4.72 Å². The largest absolute Gasteiger partial charge is 0.279 e. The van der Waals surface area contributed by atoms with E-state index in [-0.39, 0.29) is 4.90 Å². The summed E-state index contributed by atoms with van der Waals surface area (Å²) in [5.41, 5.74) is 2.65. The first kappa shape index (κ1) is 19.0. The molecule has 3 aromatic rings. The third-order valence-electron chi connectivity index (χ3n) is 3.81. The molecule has 1 N–H and O–H groups in total. The monoisotopic (exact) mass is 447 g/mol. The number of hydrogen-bond donors (Lipinski definition) is 1. The fourth-order valence-electron chi connectivity index (χ4n) is 2.43. The van der Waals surface area contributed by atoms with Gasteiger partial charge < -0.3 is 0 Å². The lowest BCUT2D eigenvalue weighted by atomic mass is 10.1. The van der Waals surface area contributed by atoms with Crippen LogP contribution < -0.4 is 4.72 Å². The molecule has 0 aliphatic heterocycles. The molecule has 134 valence electrons. The molecule has 0 spiro atoms. The maximum absolute atomic E-state index is 12.5. The topological polar surface area (TPSA) is 46.2 Å². The molecular formula is C20H18BrNO2S2. The van der Waals surface area contributed by atoms with Crippen LogP contribution in [0.5, 0.6) is 0 Å². The van der Waals surface area contributed by atoms with Crippen molar-refractivity contribution in [1.82, 2.24) is 0 Å². The van der Waals surface area contributed by atoms with Crippen LogP contribution in [-0.4, -0.2) is 8.42 Å². The van der Waals surface area contributed by atoms with Crippen LogP contribution in [0, 0.1) is 6.92 Å². The molecule has 0 heterocycles. The Kier molecular flexibility index (Phi) is 6.06. The summed E-state index contributed by atoms with van der Waals surface area (Å²) in [6, 6.07) is 22.6. The zero-order valence-electron chi connectivity index (χ0n) is 14.1. The van der Waals surface area contributed by atoms with Crippen LogP contribution in [0.15, 0.2) is 87.1 Å². The number of aryl methyl sites for hydroxylation is 1. The van der Waals surface area contributed by atoms with Crippen molar-refractivity contribution in [2.24, 2.45) is 0 Å². The molecule has 0 aromatic heterocycles. The maximum Gasteiger partial charge on any atom is 0.261 e. The van der Waals surface area contributed by atoms with Gasteiger partial charge >= 0.3 is 0 Å². The average molecular weight is 448 g/mol. The Morgan fingerprint density at radius 3 is 2.31 bits per heavy atom. The Morgan fingerprint density at radius 1 is 0.962 bits per heavy atom. The number of benzene rings is 3. The van der Waals surface area contributed by atoms with Gasteiger partial charge in [-0.05, 0) is 60.5 Å². The summed E-state index contributed by atoms with van der Waals surface area (Å²) in [6.07, 6.45) is 0. The van der Waals surface area contributed by atoms with E-state index in [1.165, 1.54) is 4.90 Å². The number of anilines is 1. The molecule has 3 nitrogen and oxygen atoms in total. The van der Waals surface area contributed by atoms with Gasteiger partial charge in [-0.2, -0.15) is 0 Å². The Bertz CT molecular complexity index is 988. The van der Waals surface area contributed by atoms with Gasteiger partial charge in [0.25, 0.3) is 10.0 Å². The molecule has 0 atom stereocenters. The summed E-state index contributed by atoms with van der Waals surface area (Å²) >= 11 is 5.07. The molecule has 0 aliphatic carbocycles. The van der Waals surface area contributed by atoms with E-state index in [4.69, 9.17) is 0 Å². The second-order valence-corrected chi connectivity index (χ2v) is 9.46. The molecule has 0 fully saturated rings. The van der Waals surface area contributed by atoms with Gasteiger partial charge in [-0.25, -0.2) is 8.42 Å². The minimum atomic E-state index is -3.60. The molecule has 0 saturated heterocycles. The zero-order valence-corrected chi connectivity index (χ0v) is 17.4. The lowest BCUT2D eigenvalue weighted by molar-refractivity contribution is 0.601. The minimum Gasteiger partial charge on any atom is -0.279 e. The van der Waals surface area contributed by atoms with E-state index in [9.17, 15) is 8.42 Å². The standard InChI is InChI=1S/C20H18BrNO2S2/c1-15-13-16(14-25-18-5-3-2-4-6-18)7-12-20(15)22-26(23,24)19-10-8-17(21)9-11-19/h2-13,22H,14H2,1H3. The molecule has 0 unspecified atom stereocenters. The first-order chi connectivity index (χ1) is 12.4. The van der Waals surface area contributed by atoms with Gasteiger partial charge in [0, 0.05) is 15.1 Å². The summed E-state index contributed by atoms with van der Waals surface area (Å²) < 4.78 is 28.6. The van der Waals surface area contributed by atoms with Gasteiger partial charge in [0.1, 0.15) is 0 Å². The highest BCUT2D eigenvalue weighted by molar-refractivity contribution is 9.10. The Hall–Kier alpha value is -1.76. The van der Waals surface area contributed by atoms with E-state index in [2.05, 4.69) is 32.8 Å². The van der Waals surface area contributed by atoms with E-state index in [1.54, 1.807) is 36.0 Å². The van der Waals surface area contributed by atoms with E-state index in [0.717, 1.165) is 21.4 Å². The predicted octanol–water partition coefficient (Wildman–Crippen LogP) is 5.85.